The average molecular weight is 270 g/mol. The summed E-state index contributed by atoms with van der Waals surface area (Å²) < 4.78 is 6.79. The van der Waals surface area contributed by atoms with E-state index in [-0.39, 0.29) is 11.7 Å². The average Bonchev–Trinajstić information content (AvgIpc) is 2.87. The zero-order chi connectivity index (χ0) is 13.0. The number of hydrogen-bond donors (Lipinski definition) is 1. The van der Waals surface area contributed by atoms with Crippen LogP contribution in [0, 0.1) is 10.1 Å². The second kappa shape index (κ2) is 5.78. The summed E-state index contributed by atoms with van der Waals surface area (Å²) in [4.78, 5) is 15.2. The third kappa shape index (κ3) is 2.59. The van der Waals surface area contributed by atoms with Crippen LogP contribution in [-0.4, -0.2) is 34.0 Å². The first kappa shape index (κ1) is 12.8. The lowest BCUT2D eigenvalue weighted by Crippen LogP contribution is -2.21. The number of nitro groups is 1. The van der Waals surface area contributed by atoms with E-state index in [1.54, 1.807) is 11.6 Å². The molecule has 0 bridgehead atoms. The van der Waals surface area contributed by atoms with Gasteiger partial charge in [-0.3, -0.25) is 0 Å². The van der Waals surface area contributed by atoms with Gasteiger partial charge in [0, 0.05) is 11.9 Å². The first-order valence-electron chi connectivity index (χ1n) is 5.67. The van der Waals surface area contributed by atoms with E-state index in [2.05, 4.69) is 17.2 Å². The molecule has 18 heavy (non-hydrogen) atoms. The van der Waals surface area contributed by atoms with Crippen LogP contribution in [0.2, 0.25) is 0 Å². The van der Waals surface area contributed by atoms with Gasteiger partial charge in [-0.25, -0.2) is 0 Å². The molecule has 2 rings (SSSR count). The molecule has 2 aromatic heterocycles. The van der Waals surface area contributed by atoms with Crippen molar-refractivity contribution in [1.29, 1.82) is 0 Å². The van der Waals surface area contributed by atoms with Crippen LogP contribution >= 0.6 is 11.3 Å². The van der Waals surface area contributed by atoms with Crippen molar-refractivity contribution in [2.24, 2.45) is 0 Å². The quantitative estimate of drug-likeness (QED) is 0.470. The molecule has 0 saturated heterocycles. The molecular formula is C10H14N4O3S. The number of rotatable bonds is 7. The smallest absolute Gasteiger partial charge is 0.393 e. The molecule has 2 heterocycles. The molecule has 0 radical (unpaired) electrons. The fourth-order valence-corrected chi connectivity index (χ4v) is 2.24. The summed E-state index contributed by atoms with van der Waals surface area (Å²) in [6, 6.07) is 0. The van der Waals surface area contributed by atoms with Crippen molar-refractivity contribution >= 4 is 22.1 Å². The van der Waals surface area contributed by atoms with Crippen LogP contribution in [0.5, 0.6) is 5.88 Å². The number of aromatic nitrogens is 2. The molecule has 7 nitrogen and oxygen atoms in total. The molecule has 2 aromatic rings. The van der Waals surface area contributed by atoms with E-state index in [0.29, 0.717) is 18.1 Å². The number of nitrogens with zero attached hydrogens (tertiary/aromatic N) is 3. The SMILES string of the molecule is CCCNCCOc1nc2sccn2c1[N+](=O)[O-]. The van der Waals surface area contributed by atoms with E-state index >= 15 is 0 Å². The fourth-order valence-electron chi connectivity index (χ4n) is 1.54. The first-order valence-corrected chi connectivity index (χ1v) is 6.55. The fraction of sp³-hybridized carbons (Fsp3) is 0.500. The predicted octanol–water partition coefficient (Wildman–Crippen LogP) is 1.68. The predicted molar refractivity (Wildman–Crippen MR) is 68.4 cm³/mol. The van der Waals surface area contributed by atoms with Gasteiger partial charge >= 0.3 is 11.7 Å². The van der Waals surface area contributed by atoms with Crippen LogP contribution in [0.15, 0.2) is 11.6 Å². The van der Waals surface area contributed by atoms with Crippen LogP contribution < -0.4 is 10.1 Å². The summed E-state index contributed by atoms with van der Waals surface area (Å²) >= 11 is 1.34. The van der Waals surface area contributed by atoms with Crippen LogP contribution in [0.4, 0.5) is 5.82 Å². The lowest BCUT2D eigenvalue weighted by Gasteiger charge is -2.03. The molecule has 0 aliphatic carbocycles. The zero-order valence-corrected chi connectivity index (χ0v) is 10.8. The molecule has 8 heteroatoms. The maximum atomic E-state index is 11.0. The minimum Gasteiger partial charge on any atom is -0.470 e. The lowest BCUT2D eigenvalue weighted by atomic mass is 10.5. The highest BCUT2D eigenvalue weighted by molar-refractivity contribution is 7.15. The number of nitrogens with one attached hydrogen (secondary N) is 1. The molecule has 0 amide bonds. The van der Waals surface area contributed by atoms with Crippen LogP contribution in [0.3, 0.4) is 0 Å². The van der Waals surface area contributed by atoms with Gasteiger partial charge in [0.15, 0.2) is 0 Å². The van der Waals surface area contributed by atoms with Crippen LogP contribution in [0.1, 0.15) is 13.3 Å². The number of thiazole rings is 1. The first-order chi connectivity index (χ1) is 8.74. The van der Waals surface area contributed by atoms with Crippen molar-refractivity contribution in [2.45, 2.75) is 13.3 Å². The monoisotopic (exact) mass is 270 g/mol. The largest absolute Gasteiger partial charge is 0.470 e. The molecular weight excluding hydrogens is 256 g/mol. The van der Waals surface area contributed by atoms with Gasteiger partial charge < -0.3 is 20.2 Å². The second-order valence-corrected chi connectivity index (χ2v) is 4.52. The van der Waals surface area contributed by atoms with Crippen LogP contribution in [0.25, 0.3) is 4.96 Å². The van der Waals surface area contributed by atoms with Gasteiger partial charge in [0.25, 0.3) is 4.96 Å². The Hall–Kier alpha value is -1.67. The molecule has 0 spiro atoms. The molecule has 0 unspecified atom stereocenters. The Morgan fingerprint density at radius 2 is 2.44 bits per heavy atom. The molecule has 98 valence electrons. The van der Waals surface area contributed by atoms with Crippen molar-refractivity contribution in [3.63, 3.8) is 0 Å². The zero-order valence-electron chi connectivity index (χ0n) is 9.96. The number of ether oxygens (including phenoxy) is 1. The normalized spacial score (nSPS) is 10.9. The van der Waals surface area contributed by atoms with Crippen LogP contribution in [-0.2, 0) is 0 Å². The summed E-state index contributed by atoms with van der Waals surface area (Å²) in [6.07, 6.45) is 2.66. The van der Waals surface area contributed by atoms with Crippen molar-refractivity contribution < 1.29 is 9.66 Å². The Morgan fingerprint density at radius 3 is 3.17 bits per heavy atom. The maximum Gasteiger partial charge on any atom is 0.393 e. The summed E-state index contributed by atoms with van der Waals surface area (Å²) in [7, 11) is 0. The molecule has 0 aliphatic rings. The van der Waals surface area contributed by atoms with E-state index in [1.165, 1.54) is 15.7 Å². The molecule has 0 saturated carbocycles. The lowest BCUT2D eigenvalue weighted by molar-refractivity contribution is -0.391. The molecule has 0 aliphatic heterocycles. The molecule has 0 atom stereocenters. The number of imidazole rings is 1. The third-order valence-electron chi connectivity index (χ3n) is 2.32. The van der Waals surface area contributed by atoms with Crippen molar-refractivity contribution in [3.8, 4) is 5.88 Å². The van der Waals surface area contributed by atoms with Crippen molar-refractivity contribution in [2.75, 3.05) is 19.7 Å². The minimum absolute atomic E-state index is 0.0881. The standard InChI is InChI=1S/C10H14N4O3S/c1-2-3-11-4-6-17-8-9(14(15)16)13-5-7-18-10(13)12-8/h5,7,11H,2-4,6H2,1H3. The summed E-state index contributed by atoms with van der Waals surface area (Å²) in [5.74, 6) is -0.0214. The van der Waals surface area contributed by atoms with Crippen molar-refractivity contribution in [1.82, 2.24) is 14.7 Å². The van der Waals surface area contributed by atoms with E-state index in [4.69, 9.17) is 4.74 Å². The molecule has 0 fully saturated rings. The van der Waals surface area contributed by atoms with Gasteiger partial charge in [0.1, 0.15) is 12.8 Å². The van der Waals surface area contributed by atoms with Gasteiger partial charge in [-0.15, -0.1) is 0 Å². The van der Waals surface area contributed by atoms with Gasteiger partial charge in [0.05, 0.1) is 0 Å². The topological polar surface area (TPSA) is 81.7 Å². The minimum atomic E-state index is -0.471. The Balaban J connectivity index is 2.05. The van der Waals surface area contributed by atoms with Crippen molar-refractivity contribution in [3.05, 3.63) is 21.7 Å². The summed E-state index contributed by atoms with van der Waals surface area (Å²) in [6.45, 7) is 3.99. The highest BCUT2D eigenvalue weighted by atomic mass is 32.1. The van der Waals surface area contributed by atoms with E-state index < -0.39 is 4.92 Å². The Labute approximate surface area is 108 Å². The number of hydrogen-bond acceptors (Lipinski definition) is 6. The van der Waals surface area contributed by atoms with E-state index in [0.717, 1.165) is 13.0 Å². The summed E-state index contributed by atoms with van der Waals surface area (Å²) in [5, 5.41) is 15.9. The van der Waals surface area contributed by atoms with Gasteiger partial charge in [-0.05, 0) is 17.9 Å². The highest BCUT2D eigenvalue weighted by Gasteiger charge is 2.24. The van der Waals surface area contributed by atoms with Gasteiger partial charge in [-0.1, -0.05) is 18.3 Å². The molecule has 1 N–H and O–H groups in total. The second-order valence-electron chi connectivity index (χ2n) is 3.65. The Kier molecular flexibility index (Phi) is 4.11. The van der Waals surface area contributed by atoms with E-state index in [1.807, 2.05) is 0 Å². The third-order valence-corrected chi connectivity index (χ3v) is 3.08. The Morgan fingerprint density at radius 1 is 1.61 bits per heavy atom. The van der Waals surface area contributed by atoms with Gasteiger partial charge in [0.2, 0.25) is 0 Å². The summed E-state index contributed by atoms with van der Waals surface area (Å²) in [5.41, 5.74) is 0. The van der Waals surface area contributed by atoms with Gasteiger partial charge in [-0.2, -0.15) is 9.38 Å². The maximum absolute atomic E-state index is 11.0. The number of fused-ring (bicyclic) bond motifs is 1. The molecule has 0 aromatic carbocycles. The Bertz CT molecular complexity index is 536. The van der Waals surface area contributed by atoms with E-state index in [9.17, 15) is 10.1 Å². The highest BCUT2D eigenvalue weighted by Crippen LogP contribution is 2.29.